The minimum atomic E-state index is -1.04. The maximum absolute atomic E-state index is 15.2. The predicted octanol–water partition coefficient (Wildman–Crippen LogP) is 5.15. The first-order valence-corrected chi connectivity index (χ1v) is 14.7. The number of methoxy groups -OCH3 is 2. The van der Waals surface area contributed by atoms with Crippen LogP contribution in [0, 0.1) is 17.3 Å². The standard InChI is InChI=1S/C33H29NO4S/c1-37-21-13-14-27(38-2)24(15-21)29-26-17-39-18-34(26)33(32(29)16-20-7-3-4-10-22(20)30(32)35)25-12-6-9-19-8-5-11-23(28(19)25)31(33)36/h3-15,23,26,28-29H,16-18H2,1-2H3. The van der Waals surface area contributed by atoms with Crippen molar-refractivity contribution in [2.24, 2.45) is 17.3 Å². The Balaban J connectivity index is 1.48. The SMILES string of the molecule is COc1ccc(OC)c(C2C3CSCN3C3(C(=O)C4C=CC=C5C=CC=C3C54)C23Cc2ccccc2C3=O)c1. The summed E-state index contributed by atoms with van der Waals surface area (Å²) >= 11 is 1.86. The molecule has 0 N–H and O–H groups in total. The number of hydrogen-bond donors (Lipinski definition) is 0. The van der Waals surface area contributed by atoms with Crippen LogP contribution >= 0.6 is 11.8 Å². The molecule has 0 aromatic heterocycles. The van der Waals surface area contributed by atoms with Crippen LogP contribution in [-0.4, -0.2) is 53.9 Å². The third-order valence-electron chi connectivity index (χ3n) is 10.1. The number of thioether (sulfide) groups is 1. The fraction of sp³-hybridized carbons (Fsp3) is 0.333. The Morgan fingerprint density at radius 3 is 2.72 bits per heavy atom. The lowest BCUT2D eigenvalue weighted by molar-refractivity contribution is -0.131. The first-order chi connectivity index (χ1) is 19.1. The number of carbonyl (C=O) groups excluding carboxylic acids is 2. The van der Waals surface area contributed by atoms with Crippen LogP contribution in [0.1, 0.15) is 27.4 Å². The van der Waals surface area contributed by atoms with Gasteiger partial charge in [0.05, 0.1) is 19.6 Å². The number of fused-ring (bicyclic) bond motifs is 5. The van der Waals surface area contributed by atoms with Crippen LogP contribution in [0.4, 0.5) is 0 Å². The molecule has 2 saturated heterocycles. The minimum Gasteiger partial charge on any atom is -0.497 e. The van der Waals surface area contributed by atoms with Gasteiger partial charge in [-0.1, -0.05) is 60.7 Å². The van der Waals surface area contributed by atoms with Gasteiger partial charge in [-0.25, -0.2) is 0 Å². The van der Waals surface area contributed by atoms with E-state index in [4.69, 9.17) is 9.47 Å². The molecule has 196 valence electrons. The Kier molecular flexibility index (Phi) is 4.88. The van der Waals surface area contributed by atoms with Gasteiger partial charge in [-0.15, -0.1) is 11.8 Å². The summed E-state index contributed by atoms with van der Waals surface area (Å²) in [5.74, 6) is 2.73. The van der Waals surface area contributed by atoms with E-state index >= 15 is 9.59 Å². The van der Waals surface area contributed by atoms with Gasteiger partial charge in [0, 0.05) is 46.6 Å². The molecule has 2 spiro atoms. The van der Waals surface area contributed by atoms with Gasteiger partial charge in [-0.05, 0) is 41.3 Å². The molecule has 6 atom stereocenters. The molecule has 8 rings (SSSR count). The highest BCUT2D eigenvalue weighted by Crippen LogP contribution is 2.72. The molecule has 6 aliphatic rings. The number of carbonyl (C=O) groups is 2. The van der Waals surface area contributed by atoms with Gasteiger partial charge in [0.2, 0.25) is 0 Å². The molecule has 2 aromatic rings. The fourth-order valence-corrected chi connectivity index (χ4v) is 10.2. The van der Waals surface area contributed by atoms with E-state index in [0.717, 1.165) is 45.1 Å². The average molecular weight is 536 g/mol. The zero-order chi connectivity index (χ0) is 26.5. The Bertz CT molecular complexity index is 1590. The van der Waals surface area contributed by atoms with E-state index < -0.39 is 11.0 Å². The number of hydrogen-bond acceptors (Lipinski definition) is 6. The Morgan fingerprint density at radius 1 is 1.03 bits per heavy atom. The van der Waals surface area contributed by atoms with Gasteiger partial charge in [-0.2, -0.15) is 0 Å². The zero-order valence-corrected chi connectivity index (χ0v) is 22.7. The summed E-state index contributed by atoms with van der Waals surface area (Å²) < 4.78 is 11.6. The van der Waals surface area contributed by atoms with Crippen molar-refractivity contribution in [1.29, 1.82) is 0 Å². The maximum Gasteiger partial charge on any atom is 0.172 e. The third-order valence-corrected chi connectivity index (χ3v) is 11.2. The largest absolute Gasteiger partial charge is 0.497 e. The van der Waals surface area contributed by atoms with Crippen molar-refractivity contribution in [2.45, 2.75) is 23.9 Å². The molecule has 5 nitrogen and oxygen atoms in total. The molecule has 6 unspecified atom stereocenters. The van der Waals surface area contributed by atoms with Crippen molar-refractivity contribution < 1.29 is 19.1 Å². The normalized spacial score (nSPS) is 35.3. The second kappa shape index (κ2) is 8.09. The van der Waals surface area contributed by atoms with E-state index in [1.807, 2.05) is 54.2 Å². The monoisotopic (exact) mass is 535 g/mol. The van der Waals surface area contributed by atoms with Crippen LogP contribution in [0.15, 0.2) is 90.1 Å². The summed E-state index contributed by atoms with van der Waals surface area (Å²) in [7, 11) is 3.34. The molecule has 39 heavy (non-hydrogen) atoms. The van der Waals surface area contributed by atoms with E-state index in [0.29, 0.717) is 12.3 Å². The lowest BCUT2D eigenvalue weighted by atomic mass is 9.57. The van der Waals surface area contributed by atoms with E-state index in [1.165, 1.54) is 0 Å². The lowest BCUT2D eigenvalue weighted by Gasteiger charge is -2.46. The Labute approximate surface area is 232 Å². The molecule has 4 aliphatic carbocycles. The van der Waals surface area contributed by atoms with Crippen LogP contribution in [0.2, 0.25) is 0 Å². The molecule has 2 aliphatic heterocycles. The van der Waals surface area contributed by atoms with Gasteiger partial charge < -0.3 is 9.47 Å². The topological polar surface area (TPSA) is 55.8 Å². The number of ether oxygens (including phenoxy) is 2. The highest BCUT2D eigenvalue weighted by molar-refractivity contribution is 7.99. The van der Waals surface area contributed by atoms with E-state index in [2.05, 4.69) is 41.3 Å². The molecule has 3 fully saturated rings. The molecule has 2 aromatic carbocycles. The number of allylic oxidation sites excluding steroid dienone is 7. The van der Waals surface area contributed by atoms with Crippen LogP contribution < -0.4 is 9.47 Å². The summed E-state index contributed by atoms with van der Waals surface area (Å²) in [6.07, 6.45) is 13.1. The van der Waals surface area contributed by atoms with Crippen molar-refractivity contribution in [1.82, 2.24) is 4.90 Å². The van der Waals surface area contributed by atoms with Crippen molar-refractivity contribution in [2.75, 3.05) is 25.8 Å². The van der Waals surface area contributed by atoms with Gasteiger partial charge in [-0.3, -0.25) is 14.5 Å². The molecule has 1 saturated carbocycles. The van der Waals surface area contributed by atoms with Crippen molar-refractivity contribution in [3.05, 3.63) is 107 Å². The van der Waals surface area contributed by atoms with Gasteiger partial charge in [0.25, 0.3) is 0 Å². The summed E-state index contributed by atoms with van der Waals surface area (Å²) in [5.41, 5.74) is 2.95. The number of Topliss-reactive ketones (excluding diaryl/α,β-unsaturated/α-hetero) is 2. The molecule has 0 amide bonds. The molecular formula is C33H29NO4S. The molecule has 6 heteroatoms. The summed E-state index contributed by atoms with van der Waals surface area (Å²) in [5, 5.41) is 0. The molecule has 2 heterocycles. The van der Waals surface area contributed by atoms with Crippen LogP contribution in [-0.2, 0) is 11.2 Å². The van der Waals surface area contributed by atoms with Crippen molar-refractivity contribution in [3.63, 3.8) is 0 Å². The number of nitrogens with zero attached hydrogens (tertiary/aromatic N) is 1. The second-order valence-corrected chi connectivity index (χ2v) is 12.4. The fourth-order valence-electron chi connectivity index (χ4n) is 8.86. The molecular weight excluding hydrogens is 506 g/mol. The van der Waals surface area contributed by atoms with Crippen LogP contribution in [0.3, 0.4) is 0 Å². The Morgan fingerprint density at radius 2 is 1.90 bits per heavy atom. The van der Waals surface area contributed by atoms with E-state index in [9.17, 15) is 0 Å². The predicted molar refractivity (Wildman–Crippen MR) is 151 cm³/mol. The van der Waals surface area contributed by atoms with Crippen LogP contribution in [0.5, 0.6) is 11.5 Å². The van der Waals surface area contributed by atoms with E-state index in [1.54, 1.807) is 14.2 Å². The van der Waals surface area contributed by atoms with Gasteiger partial charge >= 0.3 is 0 Å². The first kappa shape index (κ1) is 23.5. The third kappa shape index (κ3) is 2.62. The van der Waals surface area contributed by atoms with Gasteiger partial charge in [0.15, 0.2) is 11.6 Å². The van der Waals surface area contributed by atoms with Crippen LogP contribution in [0.25, 0.3) is 0 Å². The summed E-state index contributed by atoms with van der Waals surface area (Å²) in [6, 6.07) is 13.8. The van der Waals surface area contributed by atoms with Crippen molar-refractivity contribution in [3.8, 4) is 11.5 Å². The first-order valence-electron chi connectivity index (χ1n) is 13.6. The smallest absolute Gasteiger partial charge is 0.172 e. The number of rotatable bonds is 3. The quantitative estimate of drug-likeness (QED) is 0.542. The second-order valence-electron chi connectivity index (χ2n) is 11.4. The Hall–Kier alpha value is -3.35. The number of ketones is 2. The highest BCUT2D eigenvalue weighted by Gasteiger charge is 2.81. The van der Waals surface area contributed by atoms with Gasteiger partial charge in [0.1, 0.15) is 17.0 Å². The maximum atomic E-state index is 15.2. The highest BCUT2D eigenvalue weighted by atomic mass is 32.2. The summed E-state index contributed by atoms with van der Waals surface area (Å²) in [6.45, 7) is 0. The average Bonchev–Trinajstić information content (AvgIpc) is 3.68. The minimum absolute atomic E-state index is 0.00147. The zero-order valence-electron chi connectivity index (χ0n) is 21.9. The lowest BCUT2D eigenvalue weighted by Crippen LogP contribution is -2.61. The summed E-state index contributed by atoms with van der Waals surface area (Å²) in [4.78, 5) is 32.7. The van der Waals surface area contributed by atoms with Crippen molar-refractivity contribution >= 4 is 23.3 Å². The number of benzene rings is 2. The van der Waals surface area contributed by atoms with E-state index in [-0.39, 0.29) is 35.4 Å². The molecule has 0 radical (unpaired) electrons. The molecule has 0 bridgehead atoms.